The van der Waals surface area contributed by atoms with Crippen molar-refractivity contribution in [3.63, 3.8) is 0 Å². The number of hydrogen-bond acceptors (Lipinski definition) is 6. The summed E-state index contributed by atoms with van der Waals surface area (Å²) in [5.41, 5.74) is 6.52. The van der Waals surface area contributed by atoms with Crippen molar-refractivity contribution in [2.24, 2.45) is 0 Å². The fourth-order valence-corrected chi connectivity index (χ4v) is 4.71. The van der Waals surface area contributed by atoms with Crippen molar-refractivity contribution in [2.75, 3.05) is 18.4 Å². The second kappa shape index (κ2) is 21.2. The predicted octanol–water partition coefficient (Wildman–Crippen LogP) is 9.45. The highest BCUT2D eigenvalue weighted by Gasteiger charge is 2.16. The summed E-state index contributed by atoms with van der Waals surface area (Å²) in [4.78, 5) is 23.5. The maximum absolute atomic E-state index is 12.3. The molecular weight excluding hydrogens is 614 g/mol. The van der Waals surface area contributed by atoms with Gasteiger partial charge < -0.3 is 24.8 Å². The van der Waals surface area contributed by atoms with Gasteiger partial charge >= 0.3 is 6.09 Å². The molecule has 3 N–H and O–H groups in total. The summed E-state index contributed by atoms with van der Waals surface area (Å²) < 4.78 is 18.0. The van der Waals surface area contributed by atoms with E-state index in [0.717, 1.165) is 16.7 Å². The minimum Gasteiger partial charge on any atom is -0.489 e. The minimum absolute atomic E-state index is 0.0599. The second-order valence-electron chi connectivity index (χ2n) is 11.8. The number of benzene rings is 4. The van der Waals surface area contributed by atoms with Crippen LogP contribution in [0, 0.1) is 6.92 Å². The number of nitrogens with one attached hydrogen (secondary N) is 3. The normalized spacial score (nSPS) is 10.4. The number of carbonyl (C=O) groups excluding carboxylic acids is 2. The van der Waals surface area contributed by atoms with Gasteiger partial charge in [-0.3, -0.25) is 10.1 Å². The third-order valence-electron chi connectivity index (χ3n) is 6.92. The predicted molar refractivity (Wildman–Crippen MR) is 201 cm³/mol. The van der Waals surface area contributed by atoms with Crippen molar-refractivity contribution in [3.05, 3.63) is 113 Å². The van der Waals surface area contributed by atoms with E-state index in [1.54, 1.807) is 6.07 Å². The Labute approximate surface area is 293 Å². The molecular formula is C41H55N3O5. The van der Waals surface area contributed by atoms with Crippen LogP contribution in [0.4, 0.5) is 10.5 Å². The lowest BCUT2D eigenvalue weighted by atomic mass is 9.97. The average molecular weight is 670 g/mol. The van der Waals surface area contributed by atoms with Gasteiger partial charge in [-0.25, -0.2) is 4.79 Å². The maximum Gasteiger partial charge on any atom is 0.412 e. The van der Waals surface area contributed by atoms with Gasteiger partial charge in [-0.2, -0.15) is 0 Å². The highest BCUT2D eigenvalue weighted by Crippen LogP contribution is 2.29. The molecule has 0 aliphatic carbocycles. The van der Waals surface area contributed by atoms with Crippen LogP contribution in [0.1, 0.15) is 77.6 Å². The number of hydrogen-bond donors (Lipinski definition) is 3. The van der Waals surface area contributed by atoms with Crippen LogP contribution in [0.2, 0.25) is 0 Å². The number of carbonyl (C=O) groups is 2. The standard InChI is InChI=1S/C37H43N3O5.2C2H6/c1-26-31(14-10-16-34(26)29-12-7-6-8-13-29)25-43-33-18-17-30(23-38-19-20-39-27(2)41)35(22-33)44-24-28-11-9-15-32(21-28)40-36(42)45-37(3,4)5;2*1-2/h6-18,21-22,38H,19-20,23-25H2,1-5H3,(H,39,41)(H,40,42);2*1-2H3. The van der Waals surface area contributed by atoms with E-state index >= 15 is 0 Å². The highest BCUT2D eigenvalue weighted by atomic mass is 16.6. The van der Waals surface area contributed by atoms with Gasteiger partial charge in [0.05, 0.1) is 0 Å². The van der Waals surface area contributed by atoms with Crippen LogP contribution in [-0.4, -0.2) is 30.7 Å². The van der Waals surface area contributed by atoms with E-state index in [-0.39, 0.29) is 12.5 Å². The first-order chi connectivity index (χ1) is 23.6. The van der Waals surface area contributed by atoms with E-state index in [1.807, 2.05) is 103 Å². The van der Waals surface area contributed by atoms with Crippen molar-refractivity contribution < 1.29 is 23.8 Å². The fourth-order valence-electron chi connectivity index (χ4n) is 4.71. The van der Waals surface area contributed by atoms with Crippen molar-refractivity contribution in [1.29, 1.82) is 0 Å². The van der Waals surface area contributed by atoms with E-state index in [2.05, 4.69) is 53.2 Å². The second-order valence-corrected chi connectivity index (χ2v) is 11.8. The van der Waals surface area contributed by atoms with Crippen molar-refractivity contribution in [3.8, 4) is 22.6 Å². The zero-order chi connectivity index (χ0) is 36.2. The summed E-state index contributed by atoms with van der Waals surface area (Å²) in [5, 5.41) is 8.93. The van der Waals surface area contributed by atoms with Gasteiger partial charge in [0.1, 0.15) is 30.3 Å². The molecule has 0 spiro atoms. The first-order valence-corrected chi connectivity index (χ1v) is 17.1. The van der Waals surface area contributed by atoms with E-state index in [1.165, 1.54) is 23.6 Å². The van der Waals surface area contributed by atoms with Crippen LogP contribution in [0.5, 0.6) is 11.5 Å². The first-order valence-electron chi connectivity index (χ1n) is 17.1. The lowest BCUT2D eigenvalue weighted by Gasteiger charge is -2.20. The molecule has 0 saturated carbocycles. The summed E-state index contributed by atoms with van der Waals surface area (Å²) in [6, 6.07) is 29.9. The highest BCUT2D eigenvalue weighted by molar-refractivity contribution is 5.85. The molecule has 8 heteroatoms. The molecule has 0 unspecified atom stereocenters. The van der Waals surface area contributed by atoms with Crippen LogP contribution >= 0.6 is 0 Å². The summed E-state index contributed by atoms with van der Waals surface area (Å²) in [6.07, 6.45) is -0.511. The van der Waals surface area contributed by atoms with Gasteiger partial charge in [-0.1, -0.05) is 94.4 Å². The van der Waals surface area contributed by atoms with E-state index in [0.29, 0.717) is 43.4 Å². The Morgan fingerprint density at radius 1 is 0.735 bits per heavy atom. The molecule has 0 radical (unpaired) electrons. The monoisotopic (exact) mass is 669 g/mol. The average Bonchev–Trinajstić information content (AvgIpc) is 3.08. The summed E-state index contributed by atoms with van der Waals surface area (Å²) in [6.45, 7) is 19.5. The molecule has 4 rings (SSSR count). The molecule has 49 heavy (non-hydrogen) atoms. The number of anilines is 1. The van der Waals surface area contributed by atoms with Crippen LogP contribution in [0.15, 0.2) is 91.0 Å². The minimum atomic E-state index is -0.589. The van der Waals surface area contributed by atoms with Gasteiger partial charge in [-0.05, 0) is 73.7 Å². The fraction of sp³-hybridized carbons (Fsp3) is 0.366. The van der Waals surface area contributed by atoms with Crippen molar-refractivity contribution in [1.82, 2.24) is 10.6 Å². The molecule has 0 aliphatic heterocycles. The van der Waals surface area contributed by atoms with E-state index in [9.17, 15) is 9.59 Å². The van der Waals surface area contributed by atoms with E-state index < -0.39 is 11.7 Å². The lowest BCUT2D eigenvalue weighted by molar-refractivity contribution is -0.118. The largest absolute Gasteiger partial charge is 0.489 e. The molecule has 4 aromatic carbocycles. The smallest absolute Gasteiger partial charge is 0.412 e. The van der Waals surface area contributed by atoms with Crippen molar-refractivity contribution in [2.45, 2.75) is 87.7 Å². The Balaban J connectivity index is 0.00000201. The zero-order valence-electron chi connectivity index (χ0n) is 30.7. The summed E-state index contributed by atoms with van der Waals surface area (Å²) in [7, 11) is 0. The molecule has 264 valence electrons. The van der Waals surface area contributed by atoms with Gasteiger partial charge in [-0.15, -0.1) is 0 Å². The van der Waals surface area contributed by atoms with Crippen LogP contribution in [-0.2, 0) is 29.3 Å². The summed E-state index contributed by atoms with van der Waals surface area (Å²) >= 11 is 0. The topological polar surface area (TPSA) is 97.9 Å². The Bertz CT molecular complexity index is 1580. The molecule has 0 aromatic heterocycles. The summed E-state index contributed by atoms with van der Waals surface area (Å²) in [5.74, 6) is 1.31. The molecule has 0 saturated heterocycles. The van der Waals surface area contributed by atoms with Crippen LogP contribution in [0.3, 0.4) is 0 Å². The molecule has 0 bridgehead atoms. The Kier molecular flexibility index (Phi) is 17.5. The third kappa shape index (κ3) is 14.5. The Morgan fingerprint density at radius 3 is 2.14 bits per heavy atom. The molecule has 4 aromatic rings. The molecule has 0 heterocycles. The SMILES string of the molecule is CC.CC.CC(=O)NCCNCc1ccc(OCc2cccc(-c3ccccc3)c2C)cc1OCc1cccc(NC(=O)OC(C)(C)C)c1. The Hall–Kier alpha value is -4.82. The molecule has 0 aliphatic rings. The van der Waals surface area contributed by atoms with Crippen LogP contribution < -0.4 is 25.4 Å². The zero-order valence-corrected chi connectivity index (χ0v) is 30.7. The van der Waals surface area contributed by atoms with E-state index in [4.69, 9.17) is 14.2 Å². The first kappa shape index (κ1) is 40.4. The van der Waals surface area contributed by atoms with Gasteiger partial charge in [0.2, 0.25) is 5.91 Å². The third-order valence-corrected chi connectivity index (χ3v) is 6.92. The maximum atomic E-state index is 12.3. The molecule has 2 amide bonds. The Morgan fingerprint density at radius 2 is 1.45 bits per heavy atom. The van der Waals surface area contributed by atoms with Crippen molar-refractivity contribution >= 4 is 17.7 Å². The number of rotatable bonds is 13. The molecule has 0 fully saturated rings. The quantitative estimate of drug-likeness (QED) is 0.123. The van der Waals surface area contributed by atoms with Gasteiger partial charge in [0, 0.05) is 43.9 Å². The van der Waals surface area contributed by atoms with Crippen LogP contribution in [0.25, 0.3) is 11.1 Å². The van der Waals surface area contributed by atoms with Gasteiger partial charge in [0.25, 0.3) is 0 Å². The lowest BCUT2D eigenvalue weighted by Crippen LogP contribution is -2.30. The molecule has 8 nitrogen and oxygen atoms in total. The number of amides is 2. The van der Waals surface area contributed by atoms with Gasteiger partial charge in [0.15, 0.2) is 0 Å². The molecule has 0 atom stereocenters. The number of ether oxygens (including phenoxy) is 3.